The number of nitro groups is 1. The highest BCUT2D eigenvalue weighted by molar-refractivity contribution is 9.10. The van der Waals surface area contributed by atoms with Crippen molar-refractivity contribution in [3.05, 3.63) is 38.1 Å². The van der Waals surface area contributed by atoms with Gasteiger partial charge in [-0.25, -0.2) is 4.39 Å². The fourth-order valence-corrected chi connectivity index (χ4v) is 1.63. The van der Waals surface area contributed by atoms with E-state index < -0.39 is 32.6 Å². The first-order valence-electron chi connectivity index (χ1n) is 3.44. The third-order valence-corrected chi connectivity index (χ3v) is 2.14. The number of hydrogen-bond acceptors (Lipinski definition) is 2. The van der Waals surface area contributed by atoms with Gasteiger partial charge in [-0.05, 0) is 22.0 Å². The van der Waals surface area contributed by atoms with Gasteiger partial charge in [-0.2, -0.15) is 13.2 Å². The highest BCUT2D eigenvalue weighted by Crippen LogP contribution is 2.41. The van der Waals surface area contributed by atoms with Crippen LogP contribution in [0.3, 0.4) is 0 Å². The van der Waals surface area contributed by atoms with Crippen LogP contribution >= 0.6 is 15.9 Å². The monoisotopic (exact) mass is 287 g/mol. The lowest BCUT2D eigenvalue weighted by Crippen LogP contribution is -2.10. The SMILES string of the molecule is O=[N+]([O-])c1cc(F)cc(Br)c1C(F)(F)F. The summed E-state index contributed by atoms with van der Waals surface area (Å²) in [6.45, 7) is 0. The summed E-state index contributed by atoms with van der Waals surface area (Å²) >= 11 is 2.44. The van der Waals surface area contributed by atoms with Gasteiger partial charge in [0, 0.05) is 4.47 Å². The Morgan fingerprint density at radius 1 is 1.33 bits per heavy atom. The Morgan fingerprint density at radius 2 is 1.87 bits per heavy atom. The van der Waals surface area contributed by atoms with Crippen molar-refractivity contribution in [2.24, 2.45) is 0 Å². The number of nitro benzene ring substituents is 1. The minimum atomic E-state index is -4.91. The van der Waals surface area contributed by atoms with Gasteiger partial charge in [-0.1, -0.05) is 0 Å². The molecule has 15 heavy (non-hydrogen) atoms. The molecule has 0 bridgehead atoms. The van der Waals surface area contributed by atoms with Crippen LogP contribution in [0, 0.1) is 15.9 Å². The third-order valence-electron chi connectivity index (χ3n) is 1.51. The summed E-state index contributed by atoms with van der Waals surface area (Å²) in [6, 6.07) is 0.753. The molecule has 0 aliphatic carbocycles. The van der Waals surface area contributed by atoms with E-state index in [-0.39, 0.29) is 6.07 Å². The molecule has 82 valence electrons. The maximum Gasteiger partial charge on any atom is 0.424 e. The lowest BCUT2D eigenvalue weighted by atomic mass is 10.1. The molecule has 3 nitrogen and oxygen atoms in total. The van der Waals surface area contributed by atoms with Gasteiger partial charge in [0.15, 0.2) is 0 Å². The first kappa shape index (κ1) is 11.9. The van der Waals surface area contributed by atoms with Crippen molar-refractivity contribution in [3.8, 4) is 0 Å². The van der Waals surface area contributed by atoms with Crippen LogP contribution in [0.2, 0.25) is 0 Å². The van der Waals surface area contributed by atoms with E-state index in [2.05, 4.69) is 15.9 Å². The van der Waals surface area contributed by atoms with Crippen LogP contribution in [0.1, 0.15) is 5.56 Å². The molecule has 0 radical (unpaired) electrons. The predicted octanol–water partition coefficient (Wildman–Crippen LogP) is 3.52. The smallest absolute Gasteiger partial charge is 0.258 e. The fourth-order valence-electron chi connectivity index (χ4n) is 0.985. The molecular formula is C7H2BrF4NO2. The Bertz CT molecular complexity index is 418. The molecule has 1 aromatic rings. The molecular weight excluding hydrogens is 286 g/mol. The molecule has 0 atom stereocenters. The van der Waals surface area contributed by atoms with Crippen molar-refractivity contribution >= 4 is 21.6 Å². The van der Waals surface area contributed by atoms with Crippen LogP contribution in [-0.2, 0) is 6.18 Å². The van der Waals surface area contributed by atoms with Gasteiger partial charge in [-0.3, -0.25) is 10.1 Å². The highest BCUT2D eigenvalue weighted by atomic mass is 79.9. The summed E-state index contributed by atoms with van der Waals surface area (Å²) in [7, 11) is 0. The second-order valence-corrected chi connectivity index (χ2v) is 3.39. The van der Waals surface area contributed by atoms with E-state index >= 15 is 0 Å². The standard InChI is InChI=1S/C7H2BrF4NO2/c8-4-1-3(9)2-5(13(14)15)6(4)7(10,11)12/h1-2H. The second kappa shape index (κ2) is 3.76. The molecule has 1 aromatic carbocycles. The quantitative estimate of drug-likeness (QED) is 0.451. The molecule has 0 saturated carbocycles. The van der Waals surface area contributed by atoms with E-state index in [0.29, 0.717) is 6.07 Å². The van der Waals surface area contributed by atoms with E-state index in [0.717, 1.165) is 0 Å². The summed E-state index contributed by atoms with van der Waals surface area (Å²) in [5.41, 5.74) is -2.80. The van der Waals surface area contributed by atoms with Crippen molar-refractivity contribution in [2.45, 2.75) is 6.18 Å². The van der Waals surface area contributed by atoms with E-state index in [4.69, 9.17) is 0 Å². The summed E-state index contributed by atoms with van der Waals surface area (Å²) in [5.74, 6) is -1.11. The zero-order valence-electron chi connectivity index (χ0n) is 6.81. The summed E-state index contributed by atoms with van der Waals surface area (Å²) < 4.78 is 49.0. The third kappa shape index (κ3) is 2.44. The molecule has 0 unspecified atom stereocenters. The zero-order valence-corrected chi connectivity index (χ0v) is 8.39. The van der Waals surface area contributed by atoms with Gasteiger partial charge in [0.2, 0.25) is 0 Å². The average molecular weight is 288 g/mol. The van der Waals surface area contributed by atoms with Crippen LogP contribution in [0.5, 0.6) is 0 Å². The Morgan fingerprint density at radius 3 is 2.27 bits per heavy atom. The van der Waals surface area contributed by atoms with Gasteiger partial charge in [-0.15, -0.1) is 0 Å². The Labute approximate surface area is 89.0 Å². The molecule has 0 spiro atoms. The number of benzene rings is 1. The molecule has 0 aliphatic rings. The van der Waals surface area contributed by atoms with Gasteiger partial charge in [0.05, 0.1) is 11.0 Å². The molecule has 0 fully saturated rings. The molecule has 0 aliphatic heterocycles. The van der Waals surface area contributed by atoms with E-state index in [1.165, 1.54) is 0 Å². The highest BCUT2D eigenvalue weighted by Gasteiger charge is 2.41. The second-order valence-electron chi connectivity index (χ2n) is 2.54. The Balaban J connectivity index is 3.55. The number of rotatable bonds is 1. The van der Waals surface area contributed by atoms with Crippen molar-refractivity contribution < 1.29 is 22.5 Å². The largest absolute Gasteiger partial charge is 0.424 e. The van der Waals surface area contributed by atoms with Crippen LogP contribution < -0.4 is 0 Å². The van der Waals surface area contributed by atoms with Crippen molar-refractivity contribution in [1.82, 2.24) is 0 Å². The predicted molar refractivity (Wildman–Crippen MR) is 45.8 cm³/mol. The molecule has 0 heterocycles. The van der Waals surface area contributed by atoms with E-state index in [1.54, 1.807) is 0 Å². The molecule has 0 saturated heterocycles. The van der Waals surface area contributed by atoms with Crippen LogP contribution in [0.15, 0.2) is 16.6 Å². The van der Waals surface area contributed by atoms with E-state index in [1.807, 2.05) is 0 Å². The number of alkyl halides is 3. The molecule has 0 aromatic heterocycles. The molecule has 8 heteroatoms. The Kier molecular flexibility index (Phi) is 2.98. The molecule has 0 amide bonds. The zero-order chi connectivity index (χ0) is 11.8. The van der Waals surface area contributed by atoms with Gasteiger partial charge >= 0.3 is 6.18 Å². The maximum absolute atomic E-state index is 12.7. The number of nitrogens with zero attached hydrogens (tertiary/aromatic N) is 1. The minimum Gasteiger partial charge on any atom is -0.258 e. The van der Waals surface area contributed by atoms with E-state index in [9.17, 15) is 27.7 Å². The number of halogens is 5. The van der Waals surface area contributed by atoms with Crippen LogP contribution in [0.4, 0.5) is 23.2 Å². The summed E-state index contributed by atoms with van der Waals surface area (Å²) in [6.07, 6.45) is -4.91. The topological polar surface area (TPSA) is 43.1 Å². The molecule has 0 N–H and O–H groups in total. The van der Waals surface area contributed by atoms with Gasteiger partial charge in [0.25, 0.3) is 5.69 Å². The summed E-state index contributed by atoms with van der Waals surface area (Å²) in [4.78, 5) is 9.01. The maximum atomic E-state index is 12.7. The van der Waals surface area contributed by atoms with Crippen molar-refractivity contribution in [2.75, 3.05) is 0 Å². The minimum absolute atomic E-state index is 0.230. The van der Waals surface area contributed by atoms with Crippen molar-refractivity contribution in [3.63, 3.8) is 0 Å². The summed E-state index contributed by atoms with van der Waals surface area (Å²) in [5, 5.41) is 10.3. The van der Waals surface area contributed by atoms with Crippen LogP contribution in [0.25, 0.3) is 0 Å². The Hall–Kier alpha value is -1.18. The molecule has 1 rings (SSSR count). The average Bonchev–Trinajstić information content (AvgIpc) is 1.99. The lowest BCUT2D eigenvalue weighted by Gasteiger charge is -2.09. The van der Waals surface area contributed by atoms with Crippen LogP contribution in [-0.4, -0.2) is 4.92 Å². The first-order chi connectivity index (χ1) is 6.73. The van der Waals surface area contributed by atoms with Crippen molar-refractivity contribution in [1.29, 1.82) is 0 Å². The number of hydrogen-bond donors (Lipinski definition) is 0. The lowest BCUT2D eigenvalue weighted by molar-refractivity contribution is -0.388. The van der Waals surface area contributed by atoms with Gasteiger partial charge < -0.3 is 0 Å². The first-order valence-corrected chi connectivity index (χ1v) is 4.23. The van der Waals surface area contributed by atoms with Gasteiger partial charge in [0.1, 0.15) is 11.4 Å². The normalized spacial score (nSPS) is 11.5. The fraction of sp³-hybridized carbons (Fsp3) is 0.143.